The van der Waals surface area contributed by atoms with Gasteiger partial charge in [0.2, 0.25) is 0 Å². The molecule has 0 aromatic carbocycles. The SMILES string of the molecule is CCCN(CCO)C(=O)c1ccc(-c2ccco2)[nH]c1=O. The van der Waals surface area contributed by atoms with E-state index in [9.17, 15) is 9.59 Å². The molecule has 0 radical (unpaired) electrons. The Hall–Kier alpha value is -2.34. The van der Waals surface area contributed by atoms with Crippen LogP contribution in [0.5, 0.6) is 0 Å². The van der Waals surface area contributed by atoms with E-state index in [1.807, 2.05) is 6.92 Å². The number of amides is 1. The molecule has 0 saturated carbocycles. The van der Waals surface area contributed by atoms with Crippen molar-refractivity contribution >= 4 is 5.91 Å². The first-order valence-corrected chi connectivity index (χ1v) is 6.84. The van der Waals surface area contributed by atoms with Gasteiger partial charge in [0.1, 0.15) is 11.3 Å². The van der Waals surface area contributed by atoms with Gasteiger partial charge in [0.05, 0.1) is 18.6 Å². The standard InChI is InChI=1S/C15H18N2O4/c1-2-7-17(8-9-18)15(20)11-5-6-12(16-14(11)19)13-4-3-10-21-13/h3-6,10,18H,2,7-9H2,1H3,(H,16,19). The van der Waals surface area contributed by atoms with Crippen molar-refractivity contribution in [1.82, 2.24) is 9.88 Å². The molecule has 0 atom stereocenters. The third-order valence-corrected chi connectivity index (χ3v) is 3.08. The number of aliphatic hydroxyl groups excluding tert-OH is 1. The highest BCUT2D eigenvalue weighted by Gasteiger charge is 2.18. The first-order valence-electron chi connectivity index (χ1n) is 6.84. The van der Waals surface area contributed by atoms with Gasteiger partial charge < -0.3 is 19.4 Å². The summed E-state index contributed by atoms with van der Waals surface area (Å²) >= 11 is 0. The minimum absolute atomic E-state index is 0.0622. The number of nitrogens with one attached hydrogen (secondary N) is 1. The minimum Gasteiger partial charge on any atom is -0.463 e. The summed E-state index contributed by atoms with van der Waals surface area (Å²) in [5, 5.41) is 9.01. The summed E-state index contributed by atoms with van der Waals surface area (Å²) in [5.74, 6) is 0.157. The van der Waals surface area contributed by atoms with Gasteiger partial charge in [-0.3, -0.25) is 9.59 Å². The predicted octanol–water partition coefficient (Wildman–Crippen LogP) is 1.48. The van der Waals surface area contributed by atoms with Gasteiger partial charge in [-0.25, -0.2) is 0 Å². The van der Waals surface area contributed by atoms with Crippen LogP contribution in [-0.4, -0.2) is 40.6 Å². The number of carbonyl (C=O) groups excluding carboxylic acids is 1. The summed E-state index contributed by atoms with van der Waals surface area (Å²) in [5.41, 5.74) is 0.117. The van der Waals surface area contributed by atoms with Crippen molar-refractivity contribution in [3.05, 3.63) is 46.4 Å². The zero-order valence-corrected chi connectivity index (χ0v) is 11.8. The van der Waals surface area contributed by atoms with Crippen LogP contribution < -0.4 is 5.56 Å². The van der Waals surface area contributed by atoms with E-state index in [4.69, 9.17) is 9.52 Å². The molecule has 1 amide bonds. The molecule has 0 fully saturated rings. The number of nitrogens with zero attached hydrogens (tertiary/aromatic N) is 1. The van der Waals surface area contributed by atoms with E-state index in [0.717, 1.165) is 6.42 Å². The van der Waals surface area contributed by atoms with Crippen LogP contribution in [0.3, 0.4) is 0 Å². The van der Waals surface area contributed by atoms with Crippen molar-refractivity contribution in [1.29, 1.82) is 0 Å². The Morgan fingerprint density at radius 1 is 1.33 bits per heavy atom. The number of furan rings is 1. The lowest BCUT2D eigenvalue weighted by molar-refractivity contribution is 0.0720. The maximum atomic E-state index is 12.3. The van der Waals surface area contributed by atoms with Gasteiger partial charge in [0, 0.05) is 13.1 Å². The lowest BCUT2D eigenvalue weighted by atomic mass is 10.2. The summed E-state index contributed by atoms with van der Waals surface area (Å²) in [7, 11) is 0. The Kier molecular flexibility index (Phi) is 4.94. The molecule has 112 valence electrons. The third kappa shape index (κ3) is 3.41. The van der Waals surface area contributed by atoms with E-state index in [1.54, 1.807) is 18.2 Å². The van der Waals surface area contributed by atoms with Crippen molar-refractivity contribution in [3.63, 3.8) is 0 Å². The third-order valence-electron chi connectivity index (χ3n) is 3.08. The first kappa shape index (κ1) is 15.1. The van der Waals surface area contributed by atoms with Gasteiger partial charge in [-0.2, -0.15) is 0 Å². The average molecular weight is 290 g/mol. The fourth-order valence-electron chi connectivity index (χ4n) is 2.09. The van der Waals surface area contributed by atoms with E-state index in [2.05, 4.69) is 4.98 Å². The molecule has 2 aromatic heterocycles. The average Bonchev–Trinajstić information content (AvgIpc) is 3.00. The topological polar surface area (TPSA) is 86.5 Å². The second kappa shape index (κ2) is 6.90. The van der Waals surface area contributed by atoms with Crippen LogP contribution in [0.4, 0.5) is 0 Å². The highest BCUT2D eigenvalue weighted by Crippen LogP contribution is 2.16. The molecule has 0 aliphatic rings. The predicted molar refractivity (Wildman–Crippen MR) is 78.0 cm³/mol. The molecule has 0 bridgehead atoms. The Morgan fingerprint density at radius 2 is 2.14 bits per heavy atom. The van der Waals surface area contributed by atoms with Crippen molar-refractivity contribution in [2.24, 2.45) is 0 Å². The molecule has 2 rings (SSSR count). The Bertz CT molecular complexity index is 640. The Balaban J connectivity index is 2.28. The van der Waals surface area contributed by atoms with Crippen LogP contribution in [-0.2, 0) is 0 Å². The van der Waals surface area contributed by atoms with Gasteiger partial charge >= 0.3 is 0 Å². The van der Waals surface area contributed by atoms with E-state index < -0.39 is 5.56 Å². The van der Waals surface area contributed by atoms with E-state index in [1.165, 1.54) is 17.2 Å². The highest BCUT2D eigenvalue weighted by molar-refractivity contribution is 5.94. The molecule has 0 aliphatic heterocycles. The number of hydrogen-bond donors (Lipinski definition) is 2. The van der Waals surface area contributed by atoms with Crippen molar-refractivity contribution in [2.75, 3.05) is 19.7 Å². The molecule has 2 heterocycles. The summed E-state index contributed by atoms with van der Waals surface area (Å²) in [6, 6.07) is 6.56. The number of hydrogen-bond acceptors (Lipinski definition) is 4. The summed E-state index contributed by atoms with van der Waals surface area (Å²) in [4.78, 5) is 28.5. The fourth-order valence-corrected chi connectivity index (χ4v) is 2.09. The van der Waals surface area contributed by atoms with Crippen LogP contribution in [0, 0.1) is 0 Å². The molecular weight excluding hydrogens is 272 g/mol. The maximum absolute atomic E-state index is 12.3. The lowest BCUT2D eigenvalue weighted by Crippen LogP contribution is -2.37. The number of rotatable bonds is 6. The Morgan fingerprint density at radius 3 is 2.71 bits per heavy atom. The van der Waals surface area contributed by atoms with E-state index >= 15 is 0 Å². The quantitative estimate of drug-likeness (QED) is 0.843. The first-order chi connectivity index (χ1) is 10.2. The number of carbonyl (C=O) groups is 1. The van der Waals surface area contributed by atoms with Gasteiger partial charge in [-0.15, -0.1) is 0 Å². The molecule has 2 aromatic rings. The normalized spacial score (nSPS) is 10.6. The zero-order chi connectivity index (χ0) is 15.2. The number of aromatic amines is 1. The van der Waals surface area contributed by atoms with Gasteiger partial charge in [0.15, 0.2) is 0 Å². The van der Waals surface area contributed by atoms with E-state index in [0.29, 0.717) is 18.0 Å². The van der Waals surface area contributed by atoms with Gasteiger partial charge in [-0.05, 0) is 30.7 Å². The van der Waals surface area contributed by atoms with Gasteiger partial charge in [0.25, 0.3) is 11.5 Å². The number of pyridine rings is 1. The van der Waals surface area contributed by atoms with Crippen molar-refractivity contribution in [2.45, 2.75) is 13.3 Å². The van der Waals surface area contributed by atoms with Crippen LogP contribution >= 0.6 is 0 Å². The van der Waals surface area contributed by atoms with E-state index in [-0.39, 0.29) is 24.6 Å². The molecule has 0 unspecified atom stereocenters. The molecule has 6 nitrogen and oxygen atoms in total. The van der Waals surface area contributed by atoms with Crippen LogP contribution in [0.25, 0.3) is 11.5 Å². The lowest BCUT2D eigenvalue weighted by Gasteiger charge is -2.20. The van der Waals surface area contributed by atoms with Crippen LogP contribution in [0.15, 0.2) is 39.7 Å². The fraction of sp³-hybridized carbons (Fsp3) is 0.333. The molecule has 0 aliphatic carbocycles. The van der Waals surface area contributed by atoms with Gasteiger partial charge in [-0.1, -0.05) is 6.92 Å². The molecule has 21 heavy (non-hydrogen) atoms. The minimum atomic E-state index is -0.465. The second-order valence-electron chi connectivity index (χ2n) is 4.61. The summed E-state index contributed by atoms with van der Waals surface area (Å²) in [6.07, 6.45) is 2.27. The summed E-state index contributed by atoms with van der Waals surface area (Å²) in [6.45, 7) is 2.51. The number of aliphatic hydroxyl groups is 1. The van der Waals surface area contributed by atoms with Crippen LogP contribution in [0.2, 0.25) is 0 Å². The molecule has 0 spiro atoms. The molecule has 2 N–H and O–H groups in total. The summed E-state index contributed by atoms with van der Waals surface area (Å²) < 4.78 is 5.20. The second-order valence-corrected chi connectivity index (χ2v) is 4.61. The molecule has 6 heteroatoms. The smallest absolute Gasteiger partial charge is 0.261 e. The highest BCUT2D eigenvalue weighted by atomic mass is 16.3. The number of H-pyrrole nitrogens is 1. The van der Waals surface area contributed by atoms with Crippen molar-refractivity contribution < 1.29 is 14.3 Å². The number of aromatic nitrogens is 1. The largest absolute Gasteiger partial charge is 0.463 e. The Labute approximate surface area is 122 Å². The maximum Gasteiger partial charge on any atom is 0.261 e. The monoisotopic (exact) mass is 290 g/mol. The zero-order valence-electron chi connectivity index (χ0n) is 11.8. The molecule has 0 saturated heterocycles. The van der Waals surface area contributed by atoms with Crippen molar-refractivity contribution in [3.8, 4) is 11.5 Å². The van der Waals surface area contributed by atoms with Crippen LogP contribution in [0.1, 0.15) is 23.7 Å². The molecular formula is C15H18N2O4.